The van der Waals surface area contributed by atoms with Crippen LogP contribution in [0.15, 0.2) is 109 Å². The molecule has 0 atom stereocenters. The molecule has 43 heavy (non-hydrogen) atoms. The number of amides is 2. The van der Waals surface area contributed by atoms with Gasteiger partial charge in [0.05, 0.1) is 20.8 Å². The van der Waals surface area contributed by atoms with Crippen LogP contribution in [0.1, 0.15) is 38.8 Å². The Bertz CT molecular complexity index is 1630. The number of ether oxygens (including phenoxy) is 3. The molecule has 4 rings (SSSR count). The third-order valence-corrected chi connectivity index (χ3v) is 6.31. The number of carbonyl (C=O) groups is 3. The molecule has 0 fully saturated rings. The minimum atomic E-state index is -0.566. The maximum atomic E-state index is 13.4. The van der Waals surface area contributed by atoms with Gasteiger partial charge in [0.15, 0.2) is 5.78 Å². The van der Waals surface area contributed by atoms with Gasteiger partial charge in [-0.2, -0.15) is 0 Å². The number of ketones is 1. The highest BCUT2D eigenvalue weighted by atomic mass is 16.5. The lowest BCUT2D eigenvalue weighted by Crippen LogP contribution is -2.30. The lowest BCUT2D eigenvalue weighted by molar-refractivity contribution is -0.113. The topological polar surface area (TPSA) is 103 Å². The second kappa shape index (κ2) is 14.8. The van der Waals surface area contributed by atoms with Gasteiger partial charge in [-0.1, -0.05) is 36.4 Å². The number of allylic oxidation sites excluding steroid dienone is 1. The zero-order valence-corrected chi connectivity index (χ0v) is 24.1. The Balaban J connectivity index is 1.52. The Morgan fingerprint density at radius 3 is 2.12 bits per heavy atom. The Morgan fingerprint density at radius 2 is 1.47 bits per heavy atom. The molecule has 0 heterocycles. The van der Waals surface area contributed by atoms with E-state index in [4.69, 9.17) is 14.2 Å². The van der Waals surface area contributed by atoms with Gasteiger partial charge in [-0.05, 0) is 91.4 Å². The fourth-order valence-corrected chi connectivity index (χ4v) is 4.08. The van der Waals surface area contributed by atoms with E-state index in [0.717, 1.165) is 11.3 Å². The lowest BCUT2D eigenvalue weighted by atomic mass is 10.1. The standard InChI is InChI=1S/C35H32N2O6/c1-4-43-29-17-10-24(11-18-29)12-20-32(38)25-13-15-28(16-14-25)36-35(40)31(37-34(39)26-8-6-5-7-9-26)23-27-22-30(41-2)19-21-33(27)42-3/h5-23H,4H2,1-3H3,(H,36,40)(H,37,39)/b20-12+,31-23-. The average molecular weight is 577 g/mol. The van der Waals surface area contributed by atoms with Crippen LogP contribution in [-0.2, 0) is 4.79 Å². The first-order valence-electron chi connectivity index (χ1n) is 13.6. The van der Waals surface area contributed by atoms with E-state index in [0.29, 0.717) is 40.5 Å². The number of carbonyl (C=O) groups excluding carboxylic acids is 3. The van der Waals surface area contributed by atoms with Crippen molar-refractivity contribution in [2.75, 3.05) is 26.1 Å². The Labute approximate surface area is 250 Å². The number of hydrogen-bond acceptors (Lipinski definition) is 6. The molecule has 0 spiro atoms. The normalized spacial score (nSPS) is 11.1. The average Bonchev–Trinajstić information content (AvgIpc) is 3.04. The Kier molecular flexibility index (Phi) is 10.5. The van der Waals surface area contributed by atoms with E-state index < -0.39 is 11.8 Å². The van der Waals surface area contributed by atoms with Gasteiger partial charge in [0.1, 0.15) is 22.9 Å². The van der Waals surface area contributed by atoms with Gasteiger partial charge in [0.25, 0.3) is 11.8 Å². The van der Waals surface area contributed by atoms with Crippen LogP contribution in [0, 0.1) is 0 Å². The highest BCUT2D eigenvalue weighted by Gasteiger charge is 2.17. The summed E-state index contributed by atoms with van der Waals surface area (Å²) in [5.41, 5.74) is 2.66. The summed E-state index contributed by atoms with van der Waals surface area (Å²) < 4.78 is 16.2. The van der Waals surface area contributed by atoms with Crippen molar-refractivity contribution in [2.45, 2.75) is 6.92 Å². The second-order valence-corrected chi connectivity index (χ2v) is 9.22. The van der Waals surface area contributed by atoms with Gasteiger partial charge >= 0.3 is 0 Å². The number of rotatable bonds is 12. The van der Waals surface area contributed by atoms with Crippen molar-refractivity contribution in [2.24, 2.45) is 0 Å². The molecule has 2 N–H and O–H groups in total. The highest BCUT2D eigenvalue weighted by Crippen LogP contribution is 2.26. The molecule has 218 valence electrons. The number of hydrogen-bond donors (Lipinski definition) is 2. The summed E-state index contributed by atoms with van der Waals surface area (Å²) in [6.45, 7) is 2.50. The van der Waals surface area contributed by atoms with Crippen LogP contribution in [0.5, 0.6) is 17.2 Å². The van der Waals surface area contributed by atoms with E-state index in [1.807, 2.05) is 31.2 Å². The summed E-state index contributed by atoms with van der Waals surface area (Å²) in [5.74, 6) is 0.600. The minimum Gasteiger partial charge on any atom is -0.497 e. The molecule has 0 saturated carbocycles. The molecule has 4 aromatic rings. The first-order valence-corrected chi connectivity index (χ1v) is 13.6. The molecule has 0 radical (unpaired) electrons. The van der Waals surface area contributed by atoms with Gasteiger partial charge in [0, 0.05) is 22.4 Å². The zero-order valence-electron chi connectivity index (χ0n) is 24.1. The van der Waals surface area contributed by atoms with Crippen molar-refractivity contribution >= 4 is 35.4 Å². The molecule has 0 aliphatic rings. The van der Waals surface area contributed by atoms with Gasteiger partial charge in [-0.15, -0.1) is 0 Å². The van der Waals surface area contributed by atoms with Crippen molar-refractivity contribution < 1.29 is 28.6 Å². The van der Waals surface area contributed by atoms with Crippen LogP contribution in [0.25, 0.3) is 12.2 Å². The Morgan fingerprint density at radius 1 is 0.767 bits per heavy atom. The first-order chi connectivity index (χ1) is 20.9. The third-order valence-electron chi connectivity index (χ3n) is 6.31. The smallest absolute Gasteiger partial charge is 0.272 e. The summed E-state index contributed by atoms with van der Waals surface area (Å²) in [5, 5.41) is 5.50. The SMILES string of the molecule is CCOc1ccc(/C=C/C(=O)c2ccc(NC(=O)/C(=C/c3cc(OC)ccc3OC)NC(=O)c3ccccc3)cc2)cc1. The van der Waals surface area contributed by atoms with Crippen LogP contribution in [-0.4, -0.2) is 38.4 Å². The van der Waals surface area contributed by atoms with Crippen molar-refractivity contribution in [3.8, 4) is 17.2 Å². The quantitative estimate of drug-likeness (QED) is 0.149. The van der Waals surface area contributed by atoms with Crippen molar-refractivity contribution in [1.82, 2.24) is 5.32 Å². The van der Waals surface area contributed by atoms with E-state index in [2.05, 4.69) is 10.6 Å². The maximum Gasteiger partial charge on any atom is 0.272 e. The number of anilines is 1. The molecule has 0 aliphatic carbocycles. The summed E-state index contributed by atoms with van der Waals surface area (Å²) in [6, 6.07) is 27.6. The number of benzene rings is 4. The van der Waals surface area contributed by atoms with E-state index in [-0.39, 0.29) is 11.5 Å². The van der Waals surface area contributed by atoms with Gasteiger partial charge < -0.3 is 24.8 Å². The van der Waals surface area contributed by atoms with Crippen LogP contribution < -0.4 is 24.8 Å². The first kappa shape index (κ1) is 30.3. The lowest BCUT2D eigenvalue weighted by Gasteiger charge is -2.13. The van der Waals surface area contributed by atoms with Gasteiger partial charge in [-0.25, -0.2) is 0 Å². The van der Waals surface area contributed by atoms with E-state index in [1.54, 1.807) is 78.9 Å². The largest absolute Gasteiger partial charge is 0.497 e. The molecule has 4 aromatic carbocycles. The number of methoxy groups -OCH3 is 2. The molecule has 2 amide bonds. The predicted molar refractivity (Wildman–Crippen MR) is 167 cm³/mol. The molecule has 0 bridgehead atoms. The van der Waals surface area contributed by atoms with Crippen molar-refractivity contribution in [1.29, 1.82) is 0 Å². The molecule has 0 aromatic heterocycles. The third kappa shape index (κ3) is 8.43. The summed E-state index contributed by atoms with van der Waals surface area (Å²) in [4.78, 5) is 39.1. The molecular weight excluding hydrogens is 544 g/mol. The van der Waals surface area contributed by atoms with Crippen LogP contribution in [0.4, 0.5) is 5.69 Å². The number of nitrogens with one attached hydrogen (secondary N) is 2. The van der Waals surface area contributed by atoms with Crippen LogP contribution in [0.3, 0.4) is 0 Å². The Hall–Kier alpha value is -5.63. The van der Waals surface area contributed by atoms with Crippen molar-refractivity contribution in [3.63, 3.8) is 0 Å². The van der Waals surface area contributed by atoms with E-state index >= 15 is 0 Å². The molecule has 8 heteroatoms. The zero-order chi connectivity index (χ0) is 30.6. The second-order valence-electron chi connectivity index (χ2n) is 9.22. The highest BCUT2D eigenvalue weighted by molar-refractivity contribution is 6.11. The fourth-order valence-electron chi connectivity index (χ4n) is 4.08. The monoisotopic (exact) mass is 576 g/mol. The summed E-state index contributed by atoms with van der Waals surface area (Å²) >= 11 is 0. The van der Waals surface area contributed by atoms with E-state index in [9.17, 15) is 14.4 Å². The fraction of sp³-hybridized carbons (Fsp3) is 0.114. The van der Waals surface area contributed by atoms with Crippen LogP contribution in [0.2, 0.25) is 0 Å². The molecule has 0 aliphatic heterocycles. The summed E-state index contributed by atoms with van der Waals surface area (Å²) in [7, 11) is 3.04. The molecular formula is C35H32N2O6. The molecule has 0 saturated heterocycles. The van der Waals surface area contributed by atoms with Crippen molar-refractivity contribution in [3.05, 3.63) is 131 Å². The van der Waals surface area contributed by atoms with E-state index in [1.165, 1.54) is 26.4 Å². The molecule has 8 nitrogen and oxygen atoms in total. The van der Waals surface area contributed by atoms with Gasteiger partial charge in [0.2, 0.25) is 0 Å². The summed E-state index contributed by atoms with van der Waals surface area (Å²) in [6.07, 6.45) is 4.74. The van der Waals surface area contributed by atoms with Crippen LogP contribution >= 0.6 is 0 Å². The maximum absolute atomic E-state index is 13.4. The minimum absolute atomic E-state index is 0.0150. The van der Waals surface area contributed by atoms with Gasteiger partial charge in [-0.3, -0.25) is 14.4 Å². The predicted octanol–water partition coefficient (Wildman–Crippen LogP) is 6.41. The molecule has 0 unspecified atom stereocenters.